The lowest BCUT2D eigenvalue weighted by Crippen LogP contribution is -2.30. The number of allylic oxidation sites excluding steroid dienone is 22. The standard InChI is InChI=1S/C79H134O16P2/c1-4-7-10-13-16-19-22-25-28-30-32-33-34-35-36-37-38-39-41-43-45-47-50-53-56-59-62-65-77(82)89-68-74(80)69-91-96(85,86)92-70-75(81)71-93-97(87,88)94-73-76(95-79(84)67-64-61-58-55-52-49-44-27-24-21-18-15-12-9-6-3)72-90-78(83)66-63-60-57-54-51-48-46-42-40-31-29-26-23-20-17-14-11-8-5-2/h7-8,10-11,16-17,19-20,25-26,28-29,32-33,35-36,38-40,42,48,51,74-76,80-81H,4-6,9,12-15,18,21-24,27,30-31,34,37,41,43-47,49-50,52-73H2,1-3H3,(H,85,86)(H,87,88)/b10-7-,11-8-,19-16-,20-17-,28-25-,29-26-,33-32-,36-35-,39-38-,42-40-,51-48-. The number of unbranched alkanes of at least 4 members (excludes halogenated alkanes) is 25. The number of phosphoric ester groups is 2. The molecule has 0 aromatic carbocycles. The highest BCUT2D eigenvalue weighted by atomic mass is 31.2. The quantitative estimate of drug-likeness (QED) is 0.0146. The normalized spacial score (nSPS) is 14.8. The Morgan fingerprint density at radius 3 is 0.876 bits per heavy atom. The van der Waals surface area contributed by atoms with Gasteiger partial charge in [-0.05, 0) is 116 Å². The second kappa shape index (κ2) is 71.5. The van der Waals surface area contributed by atoms with Gasteiger partial charge in [0.2, 0.25) is 0 Å². The Morgan fingerprint density at radius 2 is 0.546 bits per heavy atom. The minimum atomic E-state index is -4.94. The topological polar surface area (TPSA) is 231 Å². The number of aliphatic hydroxyl groups excluding tert-OH is 2. The molecule has 0 aliphatic heterocycles. The molecule has 0 fully saturated rings. The van der Waals surface area contributed by atoms with E-state index in [0.29, 0.717) is 19.3 Å². The van der Waals surface area contributed by atoms with Crippen molar-refractivity contribution in [2.45, 2.75) is 309 Å². The first kappa shape index (κ1) is 92.7. The number of hydrogen-bond donors (Lipinski definition) is 4. The second-order valence-corrected chi connectivity index (χ2v) is 27.6. The minimum absolute atomic E-state index is 0.0975. The van der Waals surface area contributed by atoms with Crippen molar-refractivity contribution in [2.24, 2.45) is 0 Å². The monoisotopic (exact) mass is 1400 g/mol. The van der Waals surface area contributed by atoms with Crippen LogP contribution in [0.15, 0.2) is 134 Å². The van der Waals surface area contributed by atoms with Crippen LogP contribution in [0.5, 0.6) is 0 Å². The first-order chi connectivity index (χ1) is 47.2. The van der Waals surface area contributed by atoms with Crippen LogP contribution >= 0.6 is 15.6 Å². The number of aliphatic hydroxyl groups is 2. The van der Waals surface area contributed by atoms with Gasteiger partial charge >= 0.3 is 33.6 Å². The van der Waals surface area contributed by atoms with Crippen molar-refractivity contribution in [3.63, 3.8) is 0 Å². The predicted octanol–water partition coefficient (Wildman–Crippen LogP) is 21.5. The van der Waals surface area contributed by atoms with E-state index in [1.54, 1.807) is 0 Å². The van der Waals surface area contributed by atoms with Crippen LogP contribution in [-0.2, 0) is 55.8 Å². The average Bonchev–Trinajstić information content (AvgIpc) is 1.86. The molecule has 0 aliphatic carbocycles. The summed E-state index contributed by atoms with van der Waals surface area (Å²) in [5, 5.41) is 20.6. The van der Waals surface area contributed by atoms with Gasteiger partial charge in [0.25, 0.3) is 0 Å². The van der Waals surface area contributed by atoms with Gasteiger partial charge < -0.3 is 34.2 Å². The molecule has 556 valence electrons. The highest BCUT2D eigenvalue weighted by molar-refractivity contribution is 7.47. The van der Waals surface area contributed by atoms with E-state index in [0.717, 1.165) is 148 Å². The minimum Gasteiger partial charge on any atom is -0.463 e. The Kier molecular flexibility index (Phi) is 68.3. The Hall–Kier alpha value is -4.31. The molecular weight excluding hydrogens is 1270 g/mol. The third-order valence-corrected chi connectivity index (χ3v) is 17.3. The van der Waals surface area contributed by atoms with E-state index >= 15 is 0 Å². The van der Waals surface area contributed by atoms with Gasteiger partial charge in [-0.2, -0.15) is 0 Å². The molecule has 0 rings (SSSR count). The summed E-state index contributed by atoms with van der Waals surface area (Å²) in [5.41, 5.74) is 0. The lowest BCUT2D eigenvalue weighted by molar-refractivity contribution is -0.161. The lowest BCUT2D eigenvalue weighted by atomic mass is 10.0. The SMILES string of the molecule is CC/C=C\C/C=C\C/C=C\C/C=C\C/C=C\C/C=C\CCCCCCCCCCC(=O)OCC(O)COP(=O)(O)OCC(O)COP(=O)(O)OCC(COC(=O)CCCCC/C=C\C/C=C\C/C=C\C/C=C\C/C=C\CC)OC(=O)CCCCCCCCCCCCCCCCC. The van der Waals surface area contributed by atoms with Gasteiger partial charge in [0.15, 0.2) is 6.10 Å². The first-order valence-corrected chi connectivity index (χ1v) is 40.5. The Balaban J connectivity index is 4.60. The zero-order valence-electron chi connectivity index (χ0n) is 60.5. The Bertz CT molecular complexity index is 2300. The number of esters is 3. The molecule has 0 saturated carbocycles. The molecule has 0 spiro atoms. The van der Waals surface area contributed by atoms with Crippen LogP contribution in [0.1, 0.15) is 290 Å². The molecule has 0 aliphatic rings. The van der Waals surface area contributed by atoms with Crippen molar-refractivity contribution < 1.29 is 75.8 Å². The van der Waals surface area contributed by atoms with E-state index in [2.05, 4.69) is 154 Å². The average molecular weight is 1400 g/mol. The van der Waals surface area contributed by atoms with Crippen molar-refractivity contribution in [3.05, 3.63) is 134 Å². The van der Waals surface area contributed by atoms with Crippen LogP contribution in [0.2, 0.25) is 0 Å². The molecule has 0 aromatic heterocycles. The summed E-state index contributed by atoms with van der Waals surface area (Å²) in [7, 11) is -9.80. The molecule has 4 N–H and O–H groups in total. The van der Waals surface area contributed by atoms with E-state index in [-0.39, 0.29) is 19.3 Å². The molecule has 0 bridgehead atoms. The van der Waals surface area contributed by atoms with Crippen molar-refractivity contribution in [1.29, 1.82) is 0 Å². The van der Waals surface area contributed by atoms with Gasteiger partial charge in [0.1, 0.15) is 25.4 Å². The molecule has 5 unspecified atom stereocenters. The summed E-state index contributed by atoms with van der Waals surface area (Å²) >= 11 is 0. The first-order valence-electron chi connectivity index (χ1n) is 37.5. The molecular formula is C79H134O16P2. The summed E-state index contributed by atoms with van der Waals surface area (Å²) < 4.78 is 61.0. The maximum Gasteiger partial charge on any atom is 0.472 e. The zero-order valence-corrected chi connectivity index (χ0v) is 62.2. The highest BCUT2D eigenvalue weighted by Gasteiger charge is 2.29. The van der Waals surface area contributed by atoms with Crippen molar-refractivity contribution >= 4 is 33.6 Å². The number of hydrogen-bond acceptors (Lipinski definition) is 14. The summed E-state index contributed by atoms with van der Waals surface area (Å²) in [6.45, 7) is 2.41. The highest BCUT2D eigenvalue weighted by Crippen LogP contribution is 2.45. The fraction of sp³-hybridized carbons (Fsp3) is 0.684. The predicted molar refractivity (Wildman–Crippen MR) is 399 cm³/mol. The summed E-state index contributed by atoms with van der Waals surface area (Å²) in [6, 6.07) is 0. The van der Waals surface area contributed by atoms with Crippen LogP contribution in [0.25, 0.3) is 0 Å². The van der Waals surface area contributed by atoms with E-state index < -0.39 is 91.5 Å². The van der Waals surface area contributed by atoms with E-state index in [1.807, 2.05) is 0 Å². The molecule has 18 heteroatoms. The number of rotatable bonds is 70. The third-order valence-electron chi connectivity index (χ3n) is 15.4. The van der Waals surface area contributed by atoms with Gasteiger partial charge in [-0.3, -0.25) is 32.5 Å². The van der Waals surface area contributed by atoms with Crippen molar-refractivity contribution in [2.75, 3.05) is 39.6 Å². The smallest absolute Gasteiger partial charge is 0.463 e. The molecule has 0 saturated heterocycles. The molecule has 97 heavy (non-hydrogen) atoms. The van der Waals surface area contributed by atoms with Crippen molar-refractivity contribution in [3.8, 4) is 0 Å². The van der Waals surface area contributed by atoms with Crippen LogP contribution in [-0.4, -0.2) is 95.9 Å². The molecule has 0 aromatic rings. The molecule has 0 heterocycles. The number of phosphoric acid groups is 2. The van der Waals surface area contributed by atoms with Crippen LogP contribution < -0.4 is 0 Å². The maximum absolute atomic E-state index is 12.9. The van der Waals surface area contributed by atoms with Gasteiger partial charge in [-0.1, -0.05) is 289 Å². The summed E-state index contributed by atoms with van der Waals surface area (Å²) in [4.78, 5) is 58.5. The van der Waals surface area contributed by atoms with Crippen molar-refractivity contribution in [1.82, 2.24) is 0 Å². The van der Waals surface area contributed by atoms with Crippen LogP contribution in [0, 0.1) is 0 Å². The van der Waals surface area contributed by atoms with Gasteiger partial charge in [0, 0.05) is 19.3 Å². The molecule has 16 nitrogen and oxygen atoms in total. The maximum atomic E-state index is 12.9. The molecule has 0 radical (unpaired) electrons. The van der Waals surface area contributed by atoms with E-state index in [1.165, 1.54) is 83.5 Å². The number of carbonyl (C=O) groups is 3. The van der Waals surface area contributed by atoms with Gasteiger partial charge in [0.05, 0.1) is 26.4 Å². The third kappa shape index (κ3) is 72.8. The number of ether oxygens (including phenoxy) is 3. The lowest BCUT2D eigenvalue weighted by Gasteiger charge is -2.21. The van der Waals surface area contributed by atoms with Gasteiger partial charge in [-0.15, -0.1) is 0 Å². The van der Waals surface area contributed by atoms with E-state index in [9.17, 15) is 43.5 Å². The fourth-order valence-corrected chi connectivity index (χ4v) is 11.3. The second-order valence-electron chi connectivity index (χ2n) is 24.7. The largest absolute Gasteiger partial charge is 0.472 e. The Labute approximate surface area is 588 Å². The molecule has 0 amide bonds. The van der Waals surface area contributed by atoms with Crippen LogP contribution in [0.3, 0.4) is 0 Å². The summed E-state index contributed by atoms with van der Waals surface area (Å²) in [5.74, 6) is -1.62. The fourth-order valence-electron chi connectivity index (χ4n) is 9.72. The Morgan fingerprint density at radius 1 is 0.299 bits per heavy atom. The van der Waals surface area contributed by atoms with E-state index in [4.69, 9.17) is 32.3 Å². The molecule has 5 atom stereocenters. The zero-order chi connectivity index (χ0) is 70.9. The number of carbonyl (C=O) groups excluding carboxylic acids is 3. The van der Waals surface area contributed by atoms with Gasteiger partial charge in [-0.25, -0.2) is 9.13 Å². The summed E-state index contributed by atoms with van der Waals surface area (Å²) in [6.07, 6.45) is 84.9. The van der Waals surface area contributed by atoms with Crippen LogP contribution in [0.4, 0.5) is 0 Å².